The lowest BCUT2D eigenvalue weighted by atomic mass is 10.1. The molecule has 0 unspecified atom stereocenters. The van der Waals surface area contributed by atoms with Gasteiger partial charge in [-0.1, -0.05) is 24.3 Å². The Morgan fingerprint density at radius 3 is 2.90 bits per heavy atom. The van der Waals surface area contributed by atoms with Gasteiger partial charge in [0.1, 0.15) is 0 Å². The van der Waals surface area contributed by atoms with Gasteiger partial charge in [-0.25, -0.2) is 4.98 Å². The number of nitrogens with zero attached hydrogens (tertiary/aromatic N) is 3. The van der Waals surface area contributed by atoms with Crippen LogP contribution in [-0.4, -0.2) is 29.2 Å². The van der Waals surface area contributed by atoms with E-state index < -0.39 is 0 Å². The van der Waals surface area contributed by atoms with Gasteiger partial charge in [0.05, 0.1) is 11.9 Å². The molecule has 3 rings (SSSR count). The fourth-order valence-corrected chi connectivity index (χ4v) is 3.19. The van der Waals surface area contributed by atoms with Crippen LogP contribution in [0.15, 0.2) is 34.7 Å². The van der Waals surface area contributed by atoms with Gasteiger partial charge in [0.15, 0.2) is 0 Å². The van der Waals surface area contributed by atoms with E-state index >= 15 is 0 Å². The molecule has 0 amide bonds. The summed E-state index contributed by atoms with van der Waals surface area (Å²) < 4.78 is 0. The Bertz CT molecular complexity index is 614. The van der Waals surface area contributed by atoms with Crippen LogP contribution in [0.3, 0.4) is 0 Å². The molecule has 0 atom stereocenters. The van der Waals surface area contributed by atoms with Crippen LogP contribution in [0.1, 0.15) is 29.7 Å². The maximum Gasteiger partial charge on any atom is 0.203 e. The van der Waals surface area contributed by atoms with E-state index in [-0.39, 0.29) is 0 Å². The summed E-state index contributed by atoms with van der Waals surface area (Å²) in [6.07, 6.45) is 4.53. The zero-order valence-electron chi connectivity index (χ0n) is 12.2. The molecule has 1 aliphatic rings. The van der Waals surface area contributed by atoms with Crippen molar-refractivity contribution in [3.63, 3.8) is 0 Å². The van der Waals surface area contributed by atoms with E-state index in [1.54, 1.807) is 11.3 Å². The number of nitrogens with one attached hydrogen (secondary N) is 1. The first kappa shape index (κ1) is 14.2. The largest absolute Gasteiger partial charge is 0.299 e. The second-order valence-corrected chi connectivity index (χ2v) is 6.20. The number of thiazole rings is 1. The average Bonchev–Trinajstić information content (AvgIpc) is 3.13. The van der Waals surface area contributed by atoms with Crippen LogP contribution in [0.4, 0.5) is 5.13 Å². The molecule has 110 valence electrons. The maximum atomic E-state index is 4.33. The van der Waals surface area contributed by atoms with Gasteiger partial charge in [-0.05, 0) is 44.0 Å². The zero-order valence-corrected chi connectivity index (χ0v) is 13.1. The number of likely N-dealkylation sites (tertiary alicyclic amines) is 1. The summed E-state index contributed by atoms with van der Waals surface area (Å²) >= 11 is 1.57. The van der Waals surface area contributed by atoms with Gasteiger partial charge in [-0.15, -0.1) is 11.3 Å². The highest BCUT2D eigenvalue weighted by Crippen LogP contribution is 2.16. The van der Waals surface area contributed by atoms with Crippen LogP contribution in [0.5, 0.6) is 0 Å². The summed E-state index contributed by atoms with van der Waals surface area (Å²) in [6, 6.07) is 8.46. The molecule has 2 heterocycles. The maximum absolute atomic E-state index is 4.33. The Morgan fingerprint density at radius 2 is 2.14 bits per heavy atom. The molecule has 1 N–H and O–H groups in total. The van der Waals surface area contributed by atoms with Crippen molar-refractivity contribution in [3.05, 3.63) is 46.5 Å². The third kappa shape index (κ3) is 3.89. The van der Waals surface area contributed by atoms with Crippen LogP contribution in [-0.2, 0) is 6.54 Å². The Morgan fingerprint density at radius 1 is 1.33 bits per heavy atom. The third-order valence-corrected chi connectivity index (χ3v) is 4.50. The van der Waals surface area contributed by atoms with E-state index in [0.717, 1.165) is 17.4 Å². The van der Waals surface area contributed by atoms with Crippen LogP contribution < -0.4 is 5.43 Å². The van der Waals surface area contributed by atoms with Gasteiger partial charge < -0.3 is 0 Å². The molecule has 1 saturated heterocycles. The van der Waals surface area contributed by atoms with Crippen molar-refractivity contribution in [2.24, 2.45) is 5.10 Å². The highest BCUT2D eigenvalue weighted by atomic mass is 32.1. The number of benzene rings is 1. The summed E-state index contributed by atoms with van der Waals surface area (Å²) in [5.41, 5.74) is 6.52. The quantitative estimate of drug-likeness (QED) is 0.679. The normalized spacial score (nSPS) is 15.9. The molecule has 1 aromatic carbocycles. The number of hydrogen-bond acceptors (Lipinski definition) is 5. The Labute approximate surface area is 129 Å². The van der Waals surface area contributed by atoms with Crippen molar-refractivity contribution in [2.75, 3.05) is 18.5 Å². The smallest absolute Gasteiger partial charge is 0.203 e. The van der Waals surface area contributed by atoms with Crippen molar-refractivity contribution >= 4 is 22.7 Å². The first-order valence-electron chi connectivity index (χ1n) is 7.33. The monoisotopic (exact) mass is 300 g/mol. The lowest BCUT2D eigenvalue weighted by molar-refractivity contribution is 0.331. The molecule has 0 spiro atoms. The zero-order chi connectivity index (χ0) is 14.5. The van der Waals surface area contributed by atoms with Crippen LogP contribution in [0, 0.1) is 6.92 Å². The predicted octanol–water partition coefficient (Wildman–Crippen LogP) is 3.49. The topological polar surface area (TPSA) is 40.5 Å². The van der Waals surface area contributed by atoms with E-state index in [1.807, 2.05) is 18.5 Å². The molecule has 1 aromatic heterocycles. The minimum absolute atomic E-state index is 0.834. The Kier molecular flexibility index (Phi) is 4.62. The van der Waals surface area contributed by atoms with Crippen molar-refractivity contribution in [2.45, 2.75) is 26.3 Å². The van der Waals surface area contributed by atoms with Crippen LogP contribution in [0.25, 0.3) is 0 Å². The number of hydrogen-bond donors (Lipinski definition) is 1. The molecule has 2 aromatic rings. The first-order chi connectivity index (χ1) is 10.3. The minimum atomic E-state index is 0.834. The van der Waals surface area contributed by atoms with E-state index in [1.165, 1.54) is 37.1 Å². The standard InChI is InChI=1S/C16H20N4S/c1-13-12-21-16(18-13)19-17-10-14-6-2-3-7-15(14)11-20-8-4-5-9-20/h2-3,6-7,10,12H,4-5,8-9,11H2,1H3,(H,18,19). The first-order valence-corrected chi connectivity index (χ1v) is 8.21. The molecular weight excluding hydrogens is 280 g/mol. The van der Waals surface area contributed by atoms with Gasteiger partial charge in [-0.2, -0.15) is 5.10 Å². The molecule has 0 aliphatic carbocycles. The van der Waals surface area contributed by atoms with E-state index in [0.29, 0.717) is 0 Å². The lowest BCUT2D eigenvalue weighted by Gasteiger charge is -2.15. The highest BCUT2D eigenvalue weighted by Gasteiger charge is 2.12. The molecular formula is C16H20N4S. The number of anilines is 1. The fraction of sp³-hybridized carbons (Fsp3) is 0.375. The molecule has 0 radical (unpaired) electrons. The summed E-state index contributed by atoms with van der Waals surface area (Å²) in [5.74, 6) is 0. The predicted molar refractivity (Wildman–Crippen MR) is 89.0 cm³/mol. The van der Waals surface area contributed by atoms with Gasteiger partial charge in [-0.3, -0.25) is 10.3 Å². The highest BCUT2D eigenvalue weighted by molar-refractivity contribution is 7.13. The average molecular weight is 300 g/mol. The molecule has 4 nitrogen and oxygen atoms in total. The molecule has 0 bridgehead atoms. The van der Waals surface area contributed by atoms with Crippen LogP contribution in [0.2, 0.25) is 0 Å². The third-order valence-electron chi connectivity index (χ3n) is 3.63. The summed E-state index contributed by atoms with van der Waals surface area (Å²) in [4.78, 5) is 6.84. The minimum Gasteiger partial charge on any atom is -0.299 e. The summed E-state index contributed by atoms with van der Waals surface area (Å²) in [7, 11) is 0. The van der Waals surface area contributed by atoms with Crippen molar-refractivity contribution in [1.29, 1.82) is 0 Å². The molecule has 0 saturated carbocycles. The Hall–Kier alpha value is -1.72. The number of aryl methyl sites for hydroxylation is 1. The van der Waals surface area contributed by atoms with Crippen molar-refractivity contribution in [1.82, 2.24) is 9.88 Å². The lowest BCUT2D eigenvalue weighted by Crippen LogP contribution is -2.19. The van der Waals surface area contributed by atoms with Gasteiger partial charge >= 0.3 is 0 Å². The van der Waals surface area contributed by atoms with E-state index in [2.05, 4.69) is 44.7 Å². The number of aromatic nitrogens is 1. The van der Waals surface area contributed by atoms with Gasteiger partial charge in [0.25, 0.3) is 0 Å². The molecule has 1 aliphatic heterocycles. The van der Waals surface area contributed by atoms with E-state index in [4.69, 9.17) is 0 Å². The second-order valence-electron chi connectivity index (χ2n) is 5.35. The molecule has 1 fully saturated rings. The second kappa shape index (κ2) is 6.83. The molecule has 21 heavy (non-hydrogen) atoms. The van der Waals surface area contributed by atoms with E-state index in [9.17, 15) is 0 Å². The van der Waals surface area contributed by atoms with Gasteiger partial charge in [0, 0.05) is 11.9 Å². The van der Waals surface area contributed by atoms with Crippen molar-refractivity contribution in [3.8, 4) is 0 Å². The summed E-state index contributed by atoms with van der Waals surface area (Å²) in [6.45, 7) is 5.42. The van der Waals surface area contributed by atoms with Crippen molar-refractivity contribution < 1.29 is 0 Å². The number of rotatable bonds is 5. The fourth-order valence-electron chi connectivity index (χ4n) is 2.55. The van der Waals surface area contributed by atoms with Gasteiger partial charge in [0.2, 0.25) is 5.13 Å². The molecule has 5 heteroatoms. The Balaban J connectivity index is 1.66. The number of hydrazone groups is 1. The SMILES string of the molecule is Cc1csc(NN=Cc2ccccc2CN2CCCC2)n1. The van der Waals surface area contributed by atoms with Crippen LogP contribution >= 0.6 is 11.3 Å². The summed E-state index contributed by atoms with van der Waals surface area (Å²) in [5, 5.41) is 7.16.